The Bertz CT molecular complexity index is 369. The van der Waals surface area contributed by atoms with Crippen molar-refractivity contribution >= 4 is 12.2 Å². The van der Waals surface area contributed by atoms with Crippen LogP contribution in [-0.2, 0) is 9.47 Å². The number of rotatable bonds is 10. The standard InChI is InChI=1S/C15H29N3O5/c1-5-9-22-13(20)18-11-12(19)10-16-7-6-8-17-14(21)23-15(2,3)4/h5,12,16,19H,1,6-11H2,2-4H3,(H,17,21)(H,18,20)/t12-/m1/s1. The van der Waals surface area contributed by atoms with Gasteiger partial charge in [-0.15, -0.1) is 0 Å². The van der Waals surface area contributed by atoms with Crippen LogP contribution in [0.4, 0.5) is 9.59 Å². The lowest BCUT2D eigenvalue weighted by molar-refractivity contribution is 0.0527. The van der Waals surface area contributed by atoms with Crippen molar-refractivity contribution < 1.29 is 24.2 Å². The van der Waals surface area contributed by atoms with Gasteiger partial charge in [-0.05, 0) is 33.7 Å². The number of ether oxygens (including phenoxy) is 2. The molecule has 4 N–H and O–H groups in total. The van der Waals surface area contributed by atoms with E-state index in [1.54, 1.807) is 20.8 Å². The van der Waals surface area contributed by atoms with Gasteiger partial charge in [0, 0.05) is 19.6 Å². The lowest BCUT2D eigenvalue weighted by atomic mass is 10.2. The highest BCUT2D eigenvalue weighted by molar-refractivity contribution is 5.67. The highest BCUT2D eigenvalue weighted by atomic mass is 16.6. The third kappa shape index (κ3) is 14.9. The molecule has 2 amide bonds. The van der Waals surface area contributed by atoms with E-state index in [1.165, 1.54) is 6.08 Å². The molecular weight excluding hydrogens is 302 g/mol. The molecule has 8 heteroatoms. The fourth-order valence-corrected chi connectivity index (χ4v) is 1.45. The number of carbonyl (C=O) groups is 2. The van der Waals surface area contributed by atoms with Crippen LogP contribution in [0.15, 0.2) is 12.7 Å². The van der Waals surface area contributed by atoms with Gasteiger partial charge in [-0.3, -0.25) is 0 Å². The van der Waals surface area contributed by atoms with Crippen molar-refractivity contribution in [3.8, 4) is 0 Å². The third-order valence-corrected chi connectivity index (χ3v) is 2.39. The molecule has 0 unspecified atom stereocenters. The summed E-state index contributed by atoms with van der Waals surface area (Å²) in [5, 5.41) is 17.8. The molecule has 0 aromatic heterocycles. The Morgan fingerprint density at radius 3 is 2.48 bits per heavy atom. The van der Waals surface area contributed by atoms with Crippen LogP contribution in [0.3, 0.4) is 0 Å². The maximum atomic E-state index is 11.4. The first kappa shape index (κ1) is 21.2. The molecule has 0 spiro atoms. The van der Waals surface area contributed by atoms with Gasteiger partial charge in [0.25, 0.3) is 0 Å². The molecule has 0 aromatic rings. The number of nitrogens with one attached hydrogen (secondary N) is 3. The van der Waals surface area contributed by atoms with Crippen molar-refractivity contribution in [3.05, 3.63) is 12.7 Å². The van der Waals surface area contributed by atoms with Crippen LogP contribution in [0.5, 0.6) is 0 Å². The second-order valence-electron chi connectivity index (χ2n) is 5.91. The molecule has 0 aliphatic carbocycles. The summed E-state index contributed by atoms with van der Waals surface area (Å²) in [6, 6.07) is 0. The van der Waals surface area contributed by atoms with E-state index in [4.69, 9.17) is 9.47 Å². The first-order valence-corrected chi connectivity index (χ1v) is 7.61. The second kappa shape index (κ2) is 11.7. The minimum atomic E-state index is -0.718. The third-order valence-electron chi connectivity index (χ3n) is 2.39. The predicted molar refractivity (Wildman–Crippen MR) is 87.3 cm³/mol. The van der Waals surface area contributed by atoms with Gasteiger partial charge in [0.05, 0.1) is 6.10 Å². The minimum Gasteiger partial charge on any atom is -0.445 e. The van der Waals surface area contributed by atoms with Gasteiger partial charge >= 0.3 is 12.2 Å². The molecule has 1 atom stereocenters. The first-order chi connectivity index (χ1) is 10.7. The average Bonchev–Trinajstić information content (AvgIpc) is 2.44. The second-order valence-corrected chi connectivity index (χ2v) is 5.91. The van der Waals surface area contributed by atoms with Crippen LogP contribution >= 0.6 is 0 Å². The maximum absolute atomic E-state index is 11.4. The highest BCUT2D eigenvalue weighted by Crippen LogP contribution is 2.06. The smallest absolute Gasteiger partial charge is 0.407 e. The SMILES string of the molecule is C=CCOC(=O)NC[C@H](O)CNCCCNC(=O)OC(C)(C)C. The van der Waals surface area contributed by atoms with E-state index in [0.29, 0.717) is 26.1 Å². The van der Waals surface area contributed by atoms with Gasteiger partial charge in [-0.2, -0.15) is 0 Å². The zero-order valence-corrected chi connectivity index (χ0v) is 14.2. The normalized spacial score (nSPS) is 12.2. The zero-order valence-electron chi connectivity index (χ0n) is 14.2. The monoisotopic (exact) mass is 331 g/mol. The largest absolute Gasteiger partial charge is 0.445 e. The summed E-state index contributed by atoms with van der Waals surface area (Å²) in [7, 11) is 0. The Balaban J connectivity index is 3.52. The number of alkyl carbamates (subject to hydrolysis) is 2. The van der Waals surface area contributed by atoms with Crippen molar-refractivity contribution in [3.63, 3.8) is 0 Å². The zero-order chi connectivity index (χ0) is 17.7. The van der Waals surface area contributed by atoms with Crippen LogP contribution in [0.25, 0.3) is 0 Å². The molecule has 0 fully saturated rings. The van der Waals surface area contributed by atoms with E-state index >= 15 is 0 Å². The van der Waals surface area contributed by atoms with E-state index in [9.17, 15) is 14.7 Å². The molecule has 0 rings (SSSR count). The Morgan fingerprint density at radius 1 is 1.17 bits per heavy atom. The van der Waals surface area contributed by atoms with Crippen molar-refractivity contribution in [1.29, 1.82) is 0 Å². The van der Waals surface area contributed by atoms with Gasteiger partial charge in [0.15, 0.2) is 0 Å². The topological polar surface area (TPSA) is 109 Å². The molecule has 0 aliphatic heterocycles. The number of aliphatic hydroxyl groups excluding tert-OH is 1. The molecule has 0 aromatic carbocycles. The number of carbonyl (C=O) groups excluding carboxylic acids is 2. The van der Waals surface area contributed by atoms with E-state index in [0.717, 1.165) is 0 Å². The van der Waals surface area contributed by atoms with Crippen LogP contribution < -0.4 is 16.0 Å². The lowest BCUT2D eigenvalue weighted by Crippen LogP contribution is -2.39. The summed E-state index contributed by atoms with van der Waals surface area (Å²) >= 11 is 0. The number of aliphatic hydroxyl groups is 1. The Labute approximate surface area is 137 Å². The molecule has 0 radical (unpaired) electrons. The van der Waals surface area contributed by atoms with Crippen molar-refractivity contribution in [1.82, 2.24) is 16.0 Å². The van der Waals surface area contributed by atoms with Gasteiger partial charge in [-0.25, -0.2) is 9.59 Å². The van der Waals surface area contributed by atoms with E-state index in [2.05, 4.69) is 22.5 Å². The number of hydrogen-bond donors (Lipinski definition) is 4. The average molecular weight is 331 g/mol. The predicted octanol–water partition coefficient (Wildman–Crippen LogP) is 0.764. The van der Waals surface area contributed by atoms with Crippen molar-refractivity contribution in [2.45, 2.75) is 38.9 Å². The summed E-state index contributed by atoms with van der Waals surface area (Å²) in [5.41, 5.74) is -0.508. The van der Waals surface area contributed by atoms with Gasteiger partial charge < -0.3 is 30.5 Å². The molecule has 0 aliphatic rings. The summed E-state index contributed by atoms with van der Waals surface area (Å²) < 4.78 is 9.80. The van der Waals surface area contributed by atoms with Crippen LogP contribution in [-0.4, -0.2) is 61.8 Å². The molecule has 134 valence electrons. The summed E-state index contributed by atoms with van der Waals surface area (Å²) in [5.74, 6) is 0. The molecular formula is C15H29N3O5. The summed E-state index contributed by atoms with van der Waals surface area (Å²) in [4.78, 5) is 22.5. The fourth-order valence-electron chi connectivity index (χ4n) is 1.45. The molecule has 0 saturated carbocycles. The van der Waals surface area contributed by atoms with E-state index in [-0.39, 0.29) is 13.2 Å². The number of amides is 2. The van der Waals surface area contributed by atoms with Gasteiger partial charge in [0.2, 0.25) is 0 Å². The summed E-state index contributed by atoms with van der Waals surface area (Å²) in [6.45, 7) is 10.5. The highest BCUT2D eigenvalue weighted by Gasteiger charge is 2.15. The van der Waals surface area contributed by atoms with Gasteiger partial charge in [0.1, 0.15) is 12.2 Å². The van der Waals surface area contributed by atoms with Crippen LogP contribution in [0, 0.1) is 0 Å². The molecule has 8 nitrogen and oxygen atoms in total. The lowest BCUT2D eigenvalue weighted by Gasteiger charge is -2.19. The van der Waals surface area contributed by atoms with E-state index < -0.39 is 23.9 Å². The van der Waals surface area contributed by atoms with E-state index in [1.807, 2.05) is 0 Å². The fraction of sp³-hybridized carbons (Fsp3) is 0.733. The molecule has 0 saturated heterocycles. The summed E-state index contributed by atoms with van der Waals surface area (Å²) in [6.07, 6.45) is 0.402. The Hall–Kier alpha value is -1.80. The van der Waals surface area contributed by atoms with Gasteiger partial charge in [-0.1, -0.05) is 12.7 Å². The molecule has 0 bridgehead atoms. The quantitative estimate of drug-likeness (QED) is 0.348. The van der Waals surface area contributed by atoms with Crippen LogP contribution in [0.1, 0.15) is 27.2 Å². The van der Waals surface area contributed by atoms with Crippen LogP contribution in [0.2, 0.25) is 0 Å². The Morgan fingerprint density at radius 2 is 1.87 bits per heavy atom. The van der Waals surface area contributed by atoms with Crippen molar-refractivity contribution in [2.75, 3.05) is 32.8 Å². The maximum Gasteiger partial charge on any atom is 0.407 e. The Kier molecular flexibility index (Phi) is 10.8. The van der Waals surface area contributed by atoms with Crippen molar-refractivity contribution in [2.24, 2.45) is 0 Å². The molecule has 0 heterocycles. The number of hydrogen-bond acceptors (Lipinski definition) is 6. The molecule has 23 heavy (non-hydrogen) atoms. The minimum absolute atomic E-state index is 0.0964. The first-order valence-electron chi connectivity index (χ1n) is 7.61.